The van der Waals surface area contributed by atoms with E-state index in [9.17, 15) is 9.59 Å². The summed E-state index contributed by atoms with van der Waals surface area (Å²) in [6, 6.07) is 15.3. The van der Waals surface area contributed by atoms with Crippen LogP contribution in [0.2, 0.25) is 0 Å². The van der Waals surface area contributed by atoms with Gasteiger partial charge in [0, 0.05) is 22.7 Å². The first kappa shape index (κ1) is 17.0. The van der Waals surface area contributed by atoms with E-state index in [1.807, 2.05) is 57.2 Å². The second-order valence-electron chi connectivity index (χ2n) is 7.05. The molecule has 4 nitrogen and oxygen atoms in total. The predicted octanol–water partition coefficient (Wildman–Crippen LogP) is 5.29. The van der Waals surface area contributed by atoms with E-state index >= 15 is 0 Å². The van der Waals surface area contributed by atoms with E-state index in [0.717, 1.165) is 16.5 Å². The number of nitrogens with zero attached hydrogens (tertiary/aromatic N) is 1. The van der Waals surface area contributed by atoms with Crippen molar-refractivity contribution < 1.29 is 14.3 Å². The molecular weight excluding hydrogens is 314 g/mol. The molecular formula is C21H21NO3. The fraction of sp³-hybridized carbons (Fsp3) is 0.238. The number of benzene rings is 2. The number of Topliss-reactive ketones (excluding diaryl/α,β-unsaturated/α-hetero) is 1. The topological polar surface area (TPSA) is 48.3 Å². The quantitative estimate of drug-likeness (QED) is 0.598. The molecule has 0 aliphatic carbocycles. The van der Waals surface area contributed by atoms with Crippen molar-refractivity contribution >= 4 is 22.8 Å². The van der Waals surface area contributed by atoms with Gasteiger partial charge in [0.05, 0.1) is 5.52 Å². The maximum atomic E-state index is 12.7. The highest BCUT2D eigenvalue weighted by Crippen LogP contribution is 2.32. The summed E-state index contributed by atoms with van der Waals surface area (Å²) < 4.78 is 7.00. The van der Waals surface area contributed by atoms with Crippen LogP contribution in [0.5, 0.6) is 0 Å². The average molecular weight is 335 g/mol. The van der Waals surface area contributed by atoms with Crippen LogP contribution in [0.3, 0.4) is 0 Å². The summed E-state index contributed by atoms with van der Waals surface area (Å²) in [5.74, 6) is -0.0416. The second-order valence-corrected chi connectivity index (χ2v) is 7.05. The minimum Gasteiger partial charge on any atom is -0.443 e. The third-order valence-electron chi connectivity index (χ3n) is 3.89. The van der Waals surface area contributed by atoms with Crippen LogP contribution in [0.25, 0.3) is 22.0 Å². The molecule has 0 fully saturated rings. The Kier molecular flexibility index (Phi) is 4.21. The lowest BCUT2D eigenvalue weighted by atomic mass is 10.0. The smallest absolute Gasteiger partial charge is 0.419 e. The minimum absolute atomic E-state index is 0.0416. The molecule has 1 aromatic heterocycles. The van der Waals surface area contributed by atoms with Crippen molar-refractivity contribution in [3.05, 3.63) is 60.3 Å². The van der Waals surface area contributed by atoms with Crippen LogP contribution in [0.1, 0.15) is 38.1 Å². The molecule has 0 spiro atoms. The van der Waals surface area contributed by atoms with Gasteiger partial charge in [-0.05, 0) is 39.3 Å². The van der Waals surface area contributed by atoms with E-state index in [0.29, 0.717) is 11.1 Å². The highest BCUT2D eigenvalue weighted by Gasteiger charge is 2.21. The van der Waals surface area contributed by atoms with Gasteiger partial charge in [-0.1, -0.05) is 42.5 Å². The molecule has 3 rings (SSSR count). The first-order valence-corrected chi connectivity index (χ1v) is 8.21. The van der Waals surface area contributed by atoms with Gasteiger partial charge >= 0.3 is 6.09 Å². The first-order chi connectivity index (χ1) is 11.8. The standard InChI is InChI=1S/C21H21NO3/c1-14(23)16-10-11-17-18(15-8-6-5-7-9-15)13-22(19(17)12-16)20(24)25-21(2,3)4/h5-13H,1-4H3. The van der Waals surface area contributed by atoms with Gasteiger partial charge in [0.15, 0.2) is 5.78 Å². The van der Waals surface area contributed by atoms with Gasteiger partial charge in [0.2, 0.25) is 0 Å². The fourth-order valence-electron chi connectivity index (χ4n) is 2.76. The number of fused-ring (bicyclic) bond motifs is 1. The van der Waals surface area contributed by atoms with Gasteiger partial charge in [-0.25, -0.2) is 4.79 Å². The monoisotopic (exact) mass is 335 g/mol. The zero-order valence-corrected chi connectivity index (χ0v) is 14.9. The number of ether oxygens (including phenoxy) is 1. The lowest BCUT2D eigenvalue weighted by Crippen LogP contribution is -2.26. The summed E-state index contributed by atoms with van der Waals surface area (Å²) in [7, 11) is 0. The molecule has 0 radical (unpaired) electrons. The Hall–Kier alpha value is -2.88. The van der Waals surface area contributed by atoms with Crippen molar-refractivity contribution in [1.29, 1.82) is 0 Å². The summed E-state index contributed by atoms with van der Waals surface area (Å²) in [6.07, 6.45) is 1.32. The molecule has 0 bridgehead atoms. The minimum atomic E-state index is -0.598. The molecule has 0 saturated carbocycles. The Labute approximate surface area is 147 Å². The van der Waals surface area contributed by atoms with E-state index in [-0.39, 0.29) is 5.78 Å². The van der Waals surface area contributed by atoms with E-state index in [4.69, 9.17) is 4.74 Å². The molecule has 0 unspecified atom stereocenters. The van der Waals surface area contributed by atoms with Crippen LogP contribution in [0.4, 0.5) is 4.79 Å². The van der Waals surface area contributed by atoms with E-state index < -0.39 is 11.7 Å². The summed E-state index contributed by atoms with van der Waals surface area (Å²) in [4.78, 5) is 24.4. The fourth-order valence-corrected chi connectivity index (χ4v) is 2.76. The summed E-state index contributed by atoms with van der Waals surface area (Å²) in [5.41, 5.74) is 2.57. The maximum absolute atomic E-state index is 12.7. The van der Waals surface area contributed by atoms with Gasteiger partial charge in [-0.3, -0.25) is 9.36 Å². The predicted molar refractivity (Wildman–Crippen MR) is 99.0 cm³/mol. The highest BCUT2D eigenvalue weighted by molar-refractivity contribution is 6.04. The number of aromatic nitrogens is 1. The molecule has 0 amide bonds. The number of carbonyl (C=O) groups excluding carboxylic acids is 2. The van der Waals surface area contributed by atoms with Crippen molar-refractivity contribution in [2.45, 2.75) is 33.3 Å². The number of carbonyl (C=O) groups is 2. The van der Waals surface area contributed by atoms with Crippen LogP contribution >= 0.6 is 0 Å². The van der Waals surface area contributed by atoms with Crippen molar-refractivity contribution in [3.8, 4) is 11.1 Å². The Morgan fingerprint density at radius 2 is 1.68 bits per heavy atom. The second kappa shape index (κ2) is 6.20. The lowest BCUT2D eigenvalue weighted by molar-refractivity contribution is 0.0544. The summed E-state index contributed by atoms with van der Waals surface area (Å²) in [6.45, 7) is 7.00. The van der Waals surface area contributed by atoms with Crippen LogP contribution in [-0.2, 0) is 4.74 Å². The van der Waals surface area contributed by atoms with E-state index in [2.05, 4.69) is 0 Å². The molecule has 0 atom stereocenters. The molecule has 0 aliphatic rings. The normalized spacial score (nSPS) is 11.5. The van der Waals surface area contributed by atoms with Gasteiger partial charge < -0.3 is 4.74 Å². The van der Waals surface area contributed by atoms with Crippen LogP contribution in [0.15, 0.2) is 54.7 Å². The zero-order valence-electron chi connectivity index (χ0n) is 14.9. The lowest BCUT2D eigenvalue weighted by Gasteiger charge is -2.19. The van der Waals surface area contributed by atoms with Crippen LogP contribution in [0, 0.1) is 0 Å². The number of hydrogen-bond donors (Lipinski definition) is 0. The van der Waals surface area contributed by atoms with Crippen molar-refractivity contribution in [1.82, 2.24) is 4.57 Å². The van der Waals surface area contributed by atoms with Gasteiger partial charge in [-0.15, -0.1) is 0 Å². The van der Waals surface area contributed by atoms with Crippen molar-refractivity contribution in [2.24, 2.45) is 0 Å². The number of hydrogen-bond acceptors (Lipinski definition) is 3. The van der Waals surface area contributed by atoms with Crippen molar-refractivity contribution in [2.75, 3.05) is 0 Å². The maximum Gasteiger partial charge on any atom is 0.419 e. The summed E-state index contributed by atoms with van der Waals surface area (Å²) >= 11 is 0. The molecule has 0 N–H and O–H groups in total. The van der Waals surface area contributed by atoms with E-state index in [1.54, 1.807) is 18.3 Å². The molecule has 2 aromatic carbocycles. The summed E-state index contributed by atoms with van der Waals surface area (Å²) in [5, 5.41) is 0.905. The number of ketones is 1. The molecule has 1 heterocycles. The number of rotatable bonds is 2. The molecule has 0 aliphatic heterocycles. The molecule has 0 saturated heterocycles. The highest BCUT2D eigenvalue weighted by atomic mass is 16.6. The van der Waals surface area contributed by atoms with Crippen LogP contribution < -0.4 is 0 Å². The van der Waals surface area contributed by atoms with Gasteiger partial charge in [-0.2, -0.15) is 0 Å². The van der Waals surface area contributed by atoms with Crippen LogP contribution in [-0.4, -0.2) is 22.0 Å². The Morgan fingerprint density at radius 3 is 2.28 bits per heavy atom. The van der Waals surface area contributed by atoms with Gasteiger partial charge in [0.25, 0.3) is 0 Å². The van der Waals surface area contributed by atoms with Gasteiger partial charge in [0.1, 0.15) is 5.60 Å². The molecule has 4 heteroatoms. The largest absolute Gasteiger partial charge is 0.443 e. The Balaban J connectivity index is 2.22. The Bertz CT molecular complexity index is 946. The average Bonchev–Trinajstić information content (AvgIpc) is 2.93. The third kappa shape index (κ3) is 3.48. The molecule has 25 heavy (non-hydrogen) atoms. The Morgan fingerprint density at radius 1 is 1.00 bits per heavy atom. The van der Waals surface area contributed by atoms with E-state index in [1.165, 1.54) is 11.5 Å². The zero-order chi connectivity index (χ0) is 18.2. The third-order valence-corrected chi connectivity index (χ3v) is 3.89. The van der Waals surface area contributed by atoms with Crippen molar-refractivity contribution in [3.63, 3.8) is 0 Å². The SMILES string of the molecule is CC(=O)c1ccc2c(-c3ccccc3)cn(C(=O)OC(C)(C)C)c2c1. The first-order valence-electron chi connectivity index (χ1n) is 8.21. The molecule has 128 valence electrons. The molecule has 3 aromatic rings.